The number of halogens is 1. The van der Waals surface area contributed by atoms with Gasteiger partial charge < -0.3 is 23.9 Å². The fourth-order valence-electron chi connectivity index (χ4n) is 9.57. The molecule has 54 heavy (non-hydrogen) atoms. The third kappa shape index (κ3) is 6.26. The summed E-state index contributed by atoms with van der Waals surface area (Å²) in [5.74, 6) is -2.38. The first-order valence-corrected chi connectivity index (χ1v) is 20.6. The Morgan fingerprint density at radius 3 is 2.35 bits per heavy atom. The van der Waals surface area contributed by atoms with Crippen LogP contribution in [0.2, 0.25) is 0 Å². The van der Waals surface area contributed by atoms with Gasteiger partial charge in [0.15, 0.2) is 5.82 Å². The molecule has 290 valence electrons. The number of methoxy groups -OCH3 is 1. The van der Waals surface area contributed by atoms with E-state index >= 15 is 4.39 Å². The van der Waals surface area contributed by atoms with Gasteiger partial charge in [-0.2, -0.15) is 12.7 Å². The Bertz CT molecular complexity index is 2170. The number of carbonyl (C=O) groups is 2. The molecule has 0 radical (unpaired) electrons. The Labute approximate surface area is 315 Å². The van der Waals surface area contributed by atoms with E-state index in [0.29, 0.717) is 50.1 Å². The molecule has 13 nitrogen and oxygen atoms in total. The molecule has 0 aliphatic carbocycles. The number of nitrogens with zero attached hydrogens (tertiary/aromatic N) is 5. The zero-order valence-electron chi connectivity index (χ0n) is 31.5. The van der Waals surface area contributed by atoms with Crippen molar-refractivity contribution >= 4 is 44.4 Å². The monoisotopic (exact) mass is 764 g/mol. The second-order valence-electron chi connectivity index (χ2n) is 15.6. The highest BCUT2D eigenvalue weighted by Gasteiger charge is 2.44. The zero-order chi connectivity index (χ0) is 38.1. The van der Waals surface area contributed by atoms with Crippen LogP contribution in [0.25, 0.3) is 11.0 Å². The van der Waals surface area contributed by atoms with E-state index in [4.69, 9.17) is 9.15 Å². The first kappa shape index (κ1) is 36.9. The number of aryl methyl sites for hydroxylation is 2. The number of piperazine rings is 1. The first-order valence-electron chi connectivity index (χ1n) is 19.1. The summed E-state index contributed by atoms with van der Waals surface area (Å²) in [6, 6.07) is 4.99. The molecule has 4 fully saturated rings. The van der Waals surface area contributed by atoms with Crippen molar-refractivity contribution in [3.05, 3.63) is 67.8 Å². The highest BCUT2D eigenvalue weighted by atomic mass is 32.2. The number of anilines is 2. The van der Waals surface area contributed by atoms with E-state index in [0.717, 1.165) is 73.1 Å². The molecule has 1 atom stereocenters. The maximum Gasteiger partial charge on any atom is 0.341 e. The van der Waals surface area contributed by atoms with Crippen LogP contribution in [0.3, 0.4) is 0 Å². The predicted octanol–water partition coefficient (Wildman–Crippen LogP) is 3.72. The summed E-state index contributed by atoms with van der Waals surface area (Å²) in [6.45, 7) is 7.92. The average Bonchev–Trinajstić information content (AvgIpc) is 3.93. The van der Waals surface area contributed by atoms with Gasteiger partial charge in [0.25, 0.3) is 11.8 Å². The number of rotatable bonds is 8. The molecule has 8 rings (SSSR count). The number of carbonyl (C=O) groups excluding carboxylic acids is 2. The van der Waals surface area contributed by atoms with E-state index in [-0.39, 0.29) is 48.0 Å². The minimum atomic E-state index is -4.11. The van der Waals surface area contributed by atoms with E-state index in [1.54, 1.807) is 7.11 Å². The fourth-order valence-corrected chi connectivity index (χ4v) is 10.8. The highest BCUT2D eigenvalue weighted by molar-refractivity contribution is 7.87. The Balaban J connectivity index is 1.10. The van der Waals surface area contributed by atoms with E-state index in [9.17, 15) is 22.8 Å². The van der Waals surface area contributed by atoms with Crippen LogP contribution in [0.15, 0.2) is 27.4 Å². The summed E-state index contributed by atoms with van der Waals surface area (Å²) in [5.41, 5.74) is 3.76. The van der Waals surface area contributed by atoms with Crippen LogP contribution in [0, 0.1) is 19.7 Å². The molecule has 0 unspecified atom stereocenters. The van der Waals surface area contributed by atoms with Gasteiger partial charge in [-0.1, -0.05) is 0 Å². The molecule has 5 aliphatic heterocycles. The van der Waals surface area contributed by atoms with Gasteiger partial charge in [-0.15, -0.1) is 0 Å². The normalized spacial score (nSPS) is 23.4. The quantitative estimate of drug-likeness (QED) is 0.339. The average molecular weight is 765 g/mol. The van der Waals surface area contributed by atoms with Crippen molar-refractivity contribution in [2.24, 2.45) is 0 Å². The van der Waals surface area contributed by atoms with Crippen molar-refractivity contribution in [2.75, 3.05) is 69.8 Å². The predicted molar refractivity (Wildman–Crippen MR) is 203 cm³/mol. The summed E-state index contributed by atoms with van der Waals surface area (Å²) in [6.07, 6.45) is 5.09. The Kier molecular flexibility index (Phi) is 9.72. The van der Waals surface area contributed by atoms with Crippen molar-refractivity contribution in [3.8, 4) is 0 Å². The number of fused-ring (bicyclic) bond motifs is 5. The summed E-state index contributed by atoms with van der Waals surface area (Å²) in [7, 11) is -0.306. The second-order valence-corrected chi connectivity index (χ2v) is 17.3. The van der Waals surface area contributed by atoms with Gasteiger partial charge in [-0.05, 0) is 95.2 Å². The molecular formula is C39H49FN6O7S. The molecule has 2 bridgehead atoms. The van der Waals surface area contributed by atoms with Gasteiger partial charge in [0, 0.05) is 75.1 Å². The number of benzene rings is 2. The molecule has 6 heterocycles. The van der Waals surface area contributed by atoms with Gasteiger partial charge >= 0.3 is 15.8 Å². The molecule has 0 spiro atoms. The standard InChI is InChI=1S/C39H49FN6O7S/c1-23-19-32(43-18-17-42(3)27(20-43)22-52-4)24(2)36-33(23)28-13-16-44(21-31(28)39(49)53-36)38(48)29-11-12-30(37(47)41-54(50,51)45-14-5-6-15-45)35(34(29)40)46-25-7-8-26(46)10-9-25/h11-12,19,25-27H,5-10,13-18,20-22H2,1-4H3,(H,41,47)/t25?,26?,27-/m1/s1. The molecular weight excluding hydrogens is 716 g/mol. The van der Waals surface area contributed by atoms with Crippen molar-refractivity contribution in [2.45, 2.75) is 83.5 Å². The highest BCUT2D eigenvalue weighted by Crippen LogP contribution is 2.44. The van der Waals surface area contributed by atoms with Gasteiger partial charge in [-0.25, -0.2) is 13.9 Å². The lowest BCUT2D eigenvalue weighted by atomic mass is 9.92. The maximum absolute atomic E-state index is 16.9. The van der Waals surface area contributed by atoms with Crippen LogP contribution >= 0.6 is 0 Å². The third-order valence-electron chi connectivity index (χ3n) is 12.5. The summed E-state index contributed by atoms with van der Waals surface area (Å²) in [4.78, 5) is 49.4. The molecule has 2 aromatic carbocycles. The van der Waals surface area contributed by atoms with Gasteiger partial charge in [0.2, 0.25) is 0 Å². The van der Waals surface area contributed by atoms with E-state index in [2.05, 4.69) is 27.6 Å². The molecule has 5 aliphatic rings. The number of ether oxygens (including phenoxy) is 1. The smallest absolute Gasteiger partial charge is 0.341 e. The maximum atomic E-state index is 16.9. The van der Waals surface area contributed by atoms with Crippen molar-refractivity contribution in [1.29, 1.82) is 0 Å². The summed E-state index contributed by atoms with van der Waals surface area (Å²) >= 11 is 0. The van der Waals surface area contributed by atoms with Crippen LogP contribution in [0.5, 0.6) is 0 Å². The number of nitrogens with one attached hydrogen (secondary N) is 1. The van der Waals surface area contributed by atoms with Crippen LogP contribution in [0.1, 0.15) is 81.5 Å². The number of hydrogen-bond acceptors (Lipinski definition) is 10. The minimum Gasteiger partial charge on any atom is -0.422 e. The Morgan fingerprint density at radius 2 is 1.67 bits per heavy atom. The Hall–Kier alpha value is -4.05. The molecule has 2 amide bonds. The minimum absolute atomic E-state index is 0.00776. The molecule has 15 heteroatoms. The van der Waals surface area contributed by atoms with Gasteiger partial charge in [-0.3, -0.25) is 14.5 Å². The fraction of sp³-hybridized carbons (Fsp3) is 0.564. The van der Waals surface area contributed by atoms with Crippen LogP contribution in [-0.2, 0) is 27.9 Å². The lowest BCUT2D eigenvalue weighted by Crippen LogP contribution is -2.53. The van der Waals surface area contributed by atoms with E-state index in [1.165, 1.54) is 21.3 Å². The van der Waals surface area contributed by atoms with E-state index < -0.39 is 33.5 Å². The van der Waals surface area contributed by atoms with Crippen LogP contribution in [0.4, 0.5) is 15.8 Å². The SMILES string of the molecule is COC[C@H]1CN(c2cc(C)c3c4c(c(=O)oc3c2C)CN(C(=O)c2ccc(C(=O)NS(=O)(=O)N3CCCC3)c(N3C5CCC3CC5)c2F)CC4)CCN1C. The molecule has 3 aromatic rings. The van der Waals surface area contributed by atoms with Crippen LogP contribution in [-0.4, -0.2) is 112 Å². The topological polar surface area (TPSA) is 136 Å². The van der Waals surface area contributed by atoms with E-state index in [1.807, 2.05) is 18.7 Å². The molecule has 1 N–H and O–H groups in total. The molecule has 1 aromatic heterocycles. The Morgan fingerprint density at radius 1 is 0.981 bits per heavy atom. The second kappa shape index (κ2) is 14.2. The number of likely N-dealkylation sites (N-methyl/N-ethyl adjacent to an activating group) is 1. The number of amides is 2. The molecule has 4 saturated heterocycles. The largest absolute Gasteiger partial charge is 0.422 e. The van der Waals surface area contributed by atoms with Gasteiger partial charge in [0.05, 0.1) is 41.6 Å². The molecule has 0 saturated carbocycles. The lowest BCUT2D eigenvalue weighted by molar-refractivity contribution is 0.0727. The van der Waals surface area contributed by atoms with Crippen molar-refractivity contribution < 1.29 is 31.6 Å². The van der Waals surface area contributed by atoms with Gasteiger partial charge in [0.1, 0.15) is 5.58 Å². The van der Waals surface area contributed by atoms with Crippen LogP contribution < -0.4 is 20.1 Å². The number of hydrogen-bond donors (Lipinski definition) is 1. The summed E-state index contributed by atoms with van der Waals surface area (Å²) in [5, 5.41) is 0.873. The van der Waals surface area contributed by atoms with Crippen molar-refractivity contribution in [1.82, 2.24) is 18.8 Å². The zero-order valence-corrected chi connectivity index (χ0v) is 32.3. The first-order chi connectivity index (χ1) is 25.9. The van der Waals surface area contributed by atoms with Crippen molar-refractivity contribution in [3.63, 3.8) is 0 Å². The third-order valence-corrected chi connectivity index (χ3v) is 14.0. The lowest BCUT2D eigenvalue weighted by Gasteiger charge is -2.41. The summed E-state index contributed by atoms with van der Waals surface area (Å²) < 4.78 is 57.9.